The Hall–Kier alpha value is -0.600. The number of benzene rings is 2. The lowest BCUT2D eigenvalue weighted by Gasteiger charge is -2.10. The van der Waals surface area contributed by atoms with Crippen LogP contribution in [0.4, 0.5) is 0 Å². The molecule has 5 heteroatoms. The van der Waals surface area contributed by atoms with Gasteiger partial charge in [-0.15, -0.1) is 11.6 Å². The molecule has 2 aromatic rings. The van der Waals surface area contributed by atoms with Crippen molar-refractivity contribution in [3.63, 3.8) is 0 Å². The molecule has 0 aliphatic carbocycles. The fourth-order valence-corrected chi connectivity index (χ4v) is 2.11. The van der Waals surface area contributed by atoms with Crippen LogP contribution in [0.2, 0.25) is 15.1 Å². The third-order valence-corrected chi connectivity index (χ3v) is 3.55. The summed E-state index contributed by atoms with van der Waals surface area (Å²) < 4.78 is 5.71. The summed E-state index contributed by atoms with van der Waals surface area (Å²) in [6, 6.07) is 10.3. The van der Waals surface area contributed by atoms with Crippen LogP contribution in [0.3, 0.4) is 0 Å². The Balaban J connectivity index is 2.30. The SMILES string of the molecule is ClCc1cc(Cl)ccc1Oc1ccc(Cl)c(Cl)c1. The summed E-state index contributed by atoms with van der Waals surface area (Å²) in [4.78, 5) is 0. The highest BCUT2D eigenvalue weighted by molar-refractivity contribution is 6.42. The Kier molecular flexibility index (Phi) is 4.63. The predicted octanol–water partition coefficient (Wildman–Crippen LogP) is 6.18. The molecular formula is C13H8Cl4O. The monoisotopic (exact) mass is 320 g/mol. The van der Waals surface area contributed by atoms with Gasteiger partial charge in [-0.2, -0.15) is 0 Å². The van der Waals surface area contributed by atoms with Gasteiger partial charge in [-0.3, -0.25) is 0 Å². The Morgan fingerprint density at radius 3 is 2.33 bits per heavy atom. The Morgan fingerprint density at radius 2 is 1.67 bits per heavy atom. The largest absolute Gasteiger partial charge is 0.457 e. The van der Waals surface area contributed by atoms with Gasteiger partial charge in [0.15, 0.2) is 0 Å². The maximum atomic E-state index is 5.92. The molecule has 18 heavy (non-hydrogen) atoms. The highest BCUT2D eigenvalue weighted by Crippen LogP contribution is 2.32. The smallest absolute Gasteiger partial charge is 0.131 e. The van der Waals surface area contributed by atoms with Gasteiger partial charge in [0, 0.05) is 16.7 Å². The van der Waals surface area contributed by atoms with E-state index in [0.717, 1.165) is 5.56 Å². The van der Waals surface area contributed by atoms with Crippen molar-refractivity contribution in [3.8, 4) is 11.5 Å². The molecule has 0 atom stereocenters. The second-order valence-electron chi connectivity index (χ2n) is 3.56. The van der Waals surface area contributed by atoms with E-state index in [9.17, 15) is 0 Å². The third-order valence-electron chi connectivity index (χ3n) is 2.29. The molecule has 0 radical (unpaired) electrons. The minimum atomic E-state index is 0.317. The van der Waals surface area contributed by atoms with E-state index in [4.69, 9.17) is 51.1 Å². The van der Waals surface area contributed by atoms with Crippen molar-refractivity contribution in [2.45, 2.75) is 5.88 Å². The fourth-order valence-electron chi connectivity index (χ4n) is 1.42. The van der Waals surface area contributed by atoms with E-state index in [0.29, 0.717) is 32.4 Å². The normalized spacial score (nSPS) is 10.4. The molecule has 0 aromatic heterocycles. The van der Waals surface area contributed by atoms with Crippen molar-refractivity contribution < 1.29 is 4.74 Å². The lowest BCUT2D eigenvalue weighted by atomic mass is 10.2. The molecule has 1 nitrogen and oxygen atoms in total. The van der Waals surface area contributed by atoms with E-state index in [2.05, 4.69) is 0 Å². The molecule has 0 unspecified atom stereocenters. The molecule has 2 aromatic carbocycles. The Labute approximate surface area is 125 Å². The summed E-state index contributed by atoms with van der Waals surface area (Å²) in [5.41, 5.74) is 0.815. The van der Waals surface area contributed by atoms with Gasteiger partial charge in [-0.1, -0.05) is 34.8 Å². The molecule has 0 spiro atoms. The number of ether oxygens (including phenoxy) is 1. The van der Waals surface area contributed by atoms with Crippen molar-refractivity contribution in [1.29, 1.82) is 0 Å². The Morgan fingerprint density at radius 1 is 0.889 bits per heavy atom. The van der Waals surface area contributed by atoms with Crippen LogP contribution < -0.4 is 4.74 Å². The Bertz CT molecular complexity index is 569. The van der Waals surface area contributed by atoms with Gasteiger partial charge in [0.25, 0.3) is 0 Å². The summed E-state index contributed by atoms with van der Waals surface area (Å²) in [5.74, 6) is 1.56. The molecule has 0 heterocycles. The highest BCUT2D eigenvalue weighted by atomic mass is 35.5. The second kappa shape index (κ2) is 6.03. The first kappa shape index (κ1) is 13.8. The van der Waals surface area contributed by atoms with Gasteiger partial charge in [0.05, 0.1) is 15.9 Å². The van der Waals surface area contributed by atoms with Crippen LogP contribution in [0.15, 0.2) is 36.4 Å². The summed E-state index contributed by atoms with van der Waals surface area (Å²) in [7, 11) is 0. The summed E-state index contributed by atoms with van der Waals surface area (Å²) >= 11 is 23.5. The predicted molar refractivity (Wildman–Crippen MR) is 77.5 cm³/mol. The van der Waals surface area contributed by atoms with Gasteiger partial charge in [-0.05, 0) is 30.3 Å². The molecule has 0 fully saturated rings. The zero-order chi connectivity index (χ0) is 13.1. The number of alkyl halides is 1. The first-order valence-corrected chi connectivity index (χ1v) is 6.74. The fraction of sp³-hybridized carbons (Fsp3) is 0.0769. The minimum Gasteiger partial charge on any atom is -0.457 e. The standard InChI is InChI=1S/C13H8Cl4O/c14-7-8-5-9(15)1-4-13(8)18-10-2-3-11(16)12(17)6-10/h1-6H,7H2. The van der Waals surface area contributed by atoms with E-state index in [-0.39, 0.29) is 0 Å². The molecule has 0 N–H and O–H groups in total. The van der Waals surface area contributed by atoms with E-state index in [1.54, 1.807) is 36.4 Å². The first-order chi connectivity index (χ1) is 8.60. The van der Waals surface area contributed by atoms with E-state index in [1.165, 1.54) is 0 Å². The molecule has 2 rings (SSSR count). The molecule has 0 amide bonds. The van der Waals surface area contributed by atoms with E-state index < -0.39 is 0 Å². The van der Waals surface area contributed by atoms with E-state index >= 15 is 0 Å². The van der Waals surface area contributed by atoms with Gasteiger partial charge in [-0.25, -0.2) is 0 Å². The van der Waals surface area contributed by atoms with Crippen LogP contribution in [-0.2, 0) is 5.88 Å². The lowest BCUT2D eigenvalue weighted by Crippen LogP contribution is -1.89. The summed E-state index contributed by atoms with van der Waals surface area (Å²) in [6.07, 6.45) is 0. The topological polar surface area (TPSA) is 9.23 Å². The van der Waals surface area contributed by atoms with Crippen molar-refractivity contribution in [2.75, 3.05) is 0 Å². The zero-order valence-corrected chi connectivity index (χ0v) is 12.1. The number of hydrogen-bond donors (Lipinski definition) is 0. The van der Waals surface area contributed by atoms with Crippen molar-refractivity contribution in [2.24, 2.45) is 0 Å². The molecular weight excluding hydrogens is 314 g/mol. The average molecular weight is 322 g/mol. The van der Waals surface area contributed by atoms with Crippen LogP contribution in [0.5, 0.6) is 11.5 Å². The van der Waals surface area contributed by atoms with Crippen LogP contribution >= 0.6 is 46.4 Å². The number of rotatable bonds is 3. The maximum Gasteiger partial charge on any atom is 0.131 e. The van der Waals surface area contributed by atoms with Gasteiger partial charge >= 0.3 is 0 Å². The lowest BCUT2D eigenvalue weighted by molar-refractivity contribution is 0.478. The zero-order valence-electron chi connectivity index (χ0n) is 9.09. The highest BCUT2D eigenvalue weighted by Gasteiger charge is 2.06. The van der Waals surface area contributed by atoms with Crippen molar-refractivity contribution in [1.82, 2.24) is 0 Å². The van der Waals surface area contributed by atoms with Gasteiger partial charge in [0.1, 0.15) is 11.5 Å². The molecule has 0 saturated carbocycles. The average Bonchev–Trinajstić information content (AvgIpc) is 2.36. The quantitative estimate of drug-likeness (QED) is 0.613. The van der Waals surface area contributed by atoms with Crippen LogP contribution in [0.25, 0.3) is 0 Å². The van der Waals surface area contributed by atoms with Gasteiger partial charge < -0.3 is 4.74 Å². The molecule has 0 saturated heterocycles. The molecule has 0 aliphatic heterocycles. The molecule has 0 aliphatic rings. The first-order valence-electron chi connectivity index (χ1n) is 5.07. The molecule has 0 bridgehead atoms. The summed E-state index contributed by atoms with van der Waals surface area (Å²) in [6.45, 7) is 0. The van der Waals surface area contributed by atoms with Crippen molar-refractivity contribution >= 4 is 46.4 Å². The molecule has 94 valence electrons. The van der Waals surface area contributed by atoms with Crippen molar-refractivity contribution in [3.05, 3.63) is 57.0 Å². The second-order valence-corrected chi connectivity index (χ2v) is 5.08. The number of hydrogen-bond acceptors (Lipinski definition) is 1. The van der Waals surface area contributed by atoms with Crippen LogP contribution in [-0.4, -0.2) is 0 Å². The van der Waals surface area contributed by atoms with Gasteiger partial charge in [0.2, 0.25) is 0 Å². The van der Waals surface area contributed by atoms with Crippen LogP contribution in [0.1, 0.15) is 5.56 Å². The number of halogens is 4. The maximum absolute atomic E-state index is 5.92. The van der Waals surface area contributed by atoms with Crippen LogP contribution in [0, 0.1) is 0 Å². The van der Waals surface area contributed by atoms with E-state index in [1.807, 2.05) is 0 Å². The summed E-state index contributed by atoms with van der Waals surface area (Å²) in [5, 5.41) is 1.54. The minimum absolute atomic E-state index is 0.317. The third kappa shape index (κ3) is 3.24.